The van der Waals surface area contributed by atoms with Gasteiger partial charge >= 0.3 is 0 Å². The number of hydrogen-bond acceptors (Lipinski definition) is 3. The molecule has 2 aromatic rings. The maximum absolute atomic E-state index is 13.1. The number of hydrogen-bond donors (Lipinski definition) is 2. The average molecular weight is 270 g/mol. The van der Waals surface area contributed by atoms with Crippen molar-refractivity contribution in [3.05, 3.63) is 65.0 Å². The average Bonchev–Trinajstić information content (AvgIpc) is 2.76. The zero-order valence-corrected chi connectivity index (χ0v) is 10.9. The Kier molecular flexibility index (Phi) is 3.24. The van der Waals surface area contributed by atoms with E-state index in [0.29, 0.717) is 13.0 Å². The minimum absolute atomic E-state index is 0.127. The number of nitrogens with two attached hydrogens (primary N) is 1. The van der Waals surface area contributed by atoms with Crippen molar-refractivity contribution in [2.75, 3.05) is 5.73 Å². The molecule has 0 spiro atoms. The Labute approximate surface area is 116 Å². The highest BCUT2D eigenvalue weighted by Crippen LogP contribution is 2.28. The summed E-state index contributed by atoms with van der Waals surface area (Å²) in [6.45, 7) is 0.481. The van der Waals surface area contributed by atoms with Gasteiger partial charge in [-0.25, -0.2) is 4.39 Å². The molecular weight excluding hydrogens is 255 g/mol. The van der Waals surface area contributed by atoms with E-state index in [2.05, 4.69) is 5.32 Å². The number of ketones is 1. The summed E-state index contributed by atoms with van der Waals surface area (Å²) in [6, 6.07) is 12.1. The molecule has 0 radical (unpaired) electrons. The van der Waals surface area contributed by atoms with Crippen LogP contribution in [0.2, 0.25) is 0 Å². The van der Waals surface area contributed by atoms with Crippen LogP contribution < -0.4 is 11.1 Å². The Hall–Kier alpha value is -2.20. The number of fused-ring (bicyclic) bond motifs is 1. The minimum atomic E-state index is -0.420. The minimum Gasteiger partial charge on any atom is -0.396 e. The zero-order chi connectivity index (χ0) is 14.1. The summed E-state index contributed by atoms with van der Waals surface area (Å²) in [5.41, 5.74) is 8.64. The number of anilines is 1. The van der Waals surface area contributed by atoms with Gasteiger partial charge in [0.25, 0.3) is 0 Å². The van der Waals surface area contributed by atoms with Crippen LogP contribution in [0.25, 0.3) is 0 Å². The Morgan fingerprint density at radius 1 is 1.25 bits per heavy atom. The first kappa shape index (κ1) is 12.8. The summed E-state index contributed by atoms with van der Waals surface area (Å²) < 4.78 is 13.1. The summed E-state index contributed by atoms with van der Waals surface area (Å²) in [6.07, 6.45) is 0.472. The molecule has 0 aliphatic heterocycles. The molecule has 0 fully saturated rings. The van der Waals surface area contributed by atoms with Crippen LogP contribution in [0.15, 0.2) is 42.5 Å². The van der Waals surface area contributed by atoms with Crippen molar-refractivity contribution in [3.63, 3.8) is 0 Å². The van der Waals surface area contributed by atoms with Gasteiger partial charge in [0.15, 0.2) is 5.78 Å². The van der Waals surface area contributed by atoms with E-state index in [0.717, 1.165) is 16.7 Å². The van der Waals surface area contributed by atoms with Crippen molar-refractivity contribution < 1.29 is 9.18 Å². The molecule has 3 rings (SSSR count). The van der Waals surface area contributed by atoms with Crippen molar-refractivity contribution in [1.82, 2.24) is 5.32 Å². The monoisotopic (exact) mass is 270 g/mol. The summed E-state index contributed by atoms with van der Waals surface area (Å²) in [7, 11) is 0. The van der Waals surface area contributed by atoms with Crippen LogP contribution in [0.3, 0.4) is 0 Å². The lowest BCUT2D eigenvalue weighted by Gasteiger charge is -2.13. The van der Waals surface area contributed by atoms with E-state index in [9.17, 15) is 9.18 Å². The molecule has 4 heteroatoms. The molecule has 102 valence electrons. The lowest BCUT2D eigenvalue weighted by molar-refractivity contribution is -0.119. The van der Waals surface area contributed by atoms with Gasteiger partial charge in [0, 0.05) is 13.0 Å². The fourth-order valence-electron chi connectivity index (χ4n) is 2.59. The number of halogens is 1. The Bertz CT molecular complexity index is 669. The lowest BCUT2D eigenvalue weighted by atomic mass is 10.1. The van der Waals surface area contributed by atoms with Gasteiger partial charge in [0.1, 0.15) is 5.82 Å². The van der Waals surface area contributed by atoms with Crippen LogP contribution in [-0.2, 0) is 17.8 Å². The number of nitrogen functional groups attached to an aromatic ring is 1. The topological polar surface area (TPSA) is 55.1 Å². The Balaban J connectivity index is 1.75. The van der Waals surface area contributed by atoms with Gasteiger partial charge in [0.2, 0.25) is 0 Å². The second kappa shape index (κ2) is 5.06. The second-order valence-corrected chi connectivity index (χ2v) is 5.01. The largest absolute Gasteiger partial charge is 0.396 e. The van der Waals surface area contributed by atoms with Gasteiger partial charge < -0.3 is 5.73 Å². The van der Waals surface area contributed by atoms with Gasteiger partial charge in [-0.05, 0) is 28.8 Å². The van der Waals surface area contributed by atoms with Crippen LogP contribution in [0.5, 0.6) is 0 Å². The smallest absolute Gasteiger partial charge is 0.158 e. The predicted octanol–water partition coefficient (Wildman–Crippen LogP) is 2.36. The highest BCUT2D eigenvalue weighted by atomic mass is 19.1. The molecule has 3 nitrogen and oxygen atoms in total. The summed E-state index contributed by atoms with van der Waals surface area (Å²) in [5.74, 6) is -0.252. The lowest BCUT2D eigenvalue weighted by Crippen LogP contribution is -2.25. The van der Waals surface area contributed by atoms with Crippen molar-refractivity contribution in [2.45, 2.75) is 19.0 Å². The van der Waals surface area contributed by atoms with Crippen LogP contribution in [0.1, 0.15) is 22.7 Å². The highest BCUT2D eigenvalue weighted by molar-refractivity contribution is 5.92. The summed E-state index contributed by atoms with van der Waals surface area (Å²) in [4.78, 5) is 12.0. The molecule has 2 aromatic carbocycles. The van der Waals surface area contributed by atoms with Gasteiger partial charge in [-0.3, -0.25) is 10.1 Å². The van der Waals surface area contributed by atoms with Gasteiger partial charge in [-0.2, -0.15) is 0 Å². The molecule has 0 heterocycles. The molecule has 3 N–H and O–H groups in total. The summed E-state index contributed by atoms with van der Waals surface area (Å²) in [5, 5.41) is 3.22. The second-order valence-electron chi connectivity index (χ2n) is 5.01. The fraction of sp³-hybridized carbons (Fsp3) is 0.188. The highest BCUT2D eigenvalue weighted by Gasteiger charge is 2.29. The van der Waals surface area contributed by atoms with Gasteiger partial charge in [0.05, 0.1) is 11.7 Å². The van der Waals surface area contributed by atoms with E-state index >= 15 is 0 Å². The molecule has 0 aromatic heterocycles. The van der Waals surface area contributed by atoms with E-state index in [-0.39, 0.29) is 17.5 Å². The van der Waals surface area contributed by atoms with Gasteiger partial charge in [-0.15, -0.1) is 0 Å². The fourth-order valence-corrected chi connectivity index (χ4v) is 2.59. The molecule has 0 saturated heterocycles. The molecule has 0 unspecified atom stereocenters. The Morgan fingerprint density at radius 3 is 2.85 bits per heavy atom. The first-order valence-electron chi connectivity index (χ1n) is 6.53. The van der Waals surface area contributed by atoms with E-state index in [4.69, 9.17) is 5.73 Å². The van der Waals surface area contributed by atoms with Crippen molar-refractivity contribution in [2.24, 2.45) is 0 Å². The third kappa shape index (κ3) is 2.30. The van der Waals surface area contributed by atoms with Crippen LogP contribution >= 0.6 is 0 Å². The van der Waals surface area contributed by atoms with Crippen molar-refractivity contribution in [3.8, 4) is 0 Å². The Morgan fingerprint density at radius 2 is 2.05 bits per heavy atom. The van der Waals surface area contributed by atoms with Crippen LogP contribution in [0.4, 0.5) is 10.1 Å². The molecule has 20 heavy (non-hydrogen) atoms. The molecule has 1 aliphatic rings. The predicted molar refractivity (Wildman–Crippen MR) is 75.5 cm³/mol. The maximum Gasteiger partial charge on any atom is 0.158 e. The molecule has 0 bridgehead atoms. The number of Topliss-reactive ketones (excluding diaryl/α,β-unsaturated/α-hetero) is 1. The number of benzene rings is 2. The standard InChI is InChI=1S/C16H15FN2O/c17-13-6-5-10(7-14(13)18)9-19-16-12-4-2-1-3-11(12)8-15(16)20/h1-7,16,19H,8-9,18H2/t16-/m1/s1. The van der Waals surface area contributed by atoms with E-state index in [1.165, 1.54) is 6.07 Å². The van der Waals surface area contributed by atoms with E-state index < -0.39 is 5.82 Å². The number of carbonyl (C=O) groups is 1. The normalized spacial score (nSPS) is 17.2. The van der Waals surface area contributed by atoms with Crippen LogP contribution in [-0.4, -0.2) is 5.78 Å². The third-order valence-electron chi connectivity index (χ3n) is 3.62. The zero-order valence-electron chi connectivity index (χ0n) is 10.9. The summed E-state index contributed by atoms with van der Waals surface area (Å²) >= 11 is 0. The van der Waals surface area contributed by atoms with E-state index in [1.54, 1.807) is 12.1 Å². The van der Waals surface area contributed by atoms with Crippen LogP contribution in [0, 0.1) is 5.82 Å². The van der Waals surface area contributed by atoms with Crippen molar-refractivity contribution in [1.29, 1.82) is 0 Å². The molecule has 0 amide bonds. The SMILES string of the molecule is Nc1cc(CN[C@H]2C(=O)Cc3ccccc32)ccc1F. The van der Waals surface area contributed by atoms with Crippen molar-refractivity contribution >= 4 is 11.5 Å². The third-order valence-corrected chi connectivity index (χ3v) is 3.62. The first-order valence-corrected chi connectivity index (χ1v) is 6.53. The van der Waals surface area contributed by atoms with Gasteiger partial charge in [-0.1, -0.05) is 30.3 Å². The molecular formula is C16H15FN2O. The molecule has 0 saturated carbocycles. The molecule has 1 atom stereocenters. The maximum atomic E-state index is 13.1. The quantitative estimate of drug-likeness (QED) is 0.842. The number of carbonyl (C=O) groups excluding carboxylic acids is 1. The number of nitrogens with one attached hydrogen (secondary N) is 1. The molecule has 1 aliphatic carbocycles. The van der Waals surface area contributed by atoms with E-state index in [1.807, 2.05) is 24.3 Å². The number of rotatable bonds is 3. The first-order chi connectivity index (χ1) is 9.65.